The zero-order chi connectivity index (χ0) is 15.6. The molecule has 0 spiro atoms. The second kappa shape index (κ2) is 8.56. The largest absolute Gasteiger partial charge is 0.369 e. The number of carbonyl (C=O) groups is 1. The van der Waals surface area contributed by atoms with E-state index in [1.807, 2.05) is 18.2 Å². The number of aryl methyl sites for hydroxylation is 1. The Hall–Kier alpha value is -2.69. The first-order valence-electron chi connectivity index (χ1n) is 7.30. The van der Waals surface area contributed by atoms with E-state index >= 15 is 0 Å². The van der Waals surface area contributed by atoms with Gasteiger partial charge in [-0.25, -0.2) is 0 Å². The van der Waals surface area contributed by atoms with Gasteiger partial charge >= 0.3 is 0 Å². The van der Waals surface area contributed by atoms with Crippen LogP contribution in [-0.4, -0.2) is 29.2 Å². The predicted octanol–water partition coefficient (Wildman–Crippen LogP) is 2.44. The lowest BCUT2D eigenvalue weighted by atomic mass is 10.1. The van der Waals surface area contributed by atoms with E-state index in [0.717, 1.165) is 19.4 Å². The summed E-state index contributed by atoms with van der Waals surface area (Å²) < 4.78 is 0. The summed E-state index contributed by atoms with van der Waals surface area (Å²) >= 11 is 0. The number of hydrogen-bond acceptors (Lipinski definition) is 4. The SMILES string of the molecule is C=CCNC(=O)c1ccc(NCCCc2ccccc2)nn1. The Kier molecular flexibility index (Phi) is 6.11. The third-order valence-corrected chi connectivity index (χ3v) is 3.10. The van der Waals surface area contributed by atoms with E-state index in [2.05, 4.69) is 39.5 Å². The fraction of sp³-hybridized carbons (Fsp3) is 0.235. The Balaban J connectivity index is 1.74. The monoisotopic (exact) mass is 296 g/mol. The van der Waals surface area contributed by atoms with Crippen LogP contribution in [0, 0.1) is 0 Å². The molecule has 2 rings (SSSR count). The molecule has 0 aliphatic rings. The van der Waals surface area contributed by atoms with Crippen LogP contribution in [0.15, 0.2) is 55.1 Å². The second-order valence-electron chi connectivity index (χ2n) is 4.82. The van der Waals surface area contributed by atoms with Gasteiger partial charge in [0.2, 0.25) is 0 Å². The minimum Gasteiger partial charge on any atom is -0.369 e. The number of nitrogens with zero attached hydrogens (tertiary/aromatic N) is 2. The van der Waals surface area contributed by atoms with Crippen LogP contribution in [0.3, 0.4) is 0 Å². The maximum absolute atomic E-state index is 11.7. The smallest absolute Gasteiger partial charge is 0.272 e. The molecule has 1 amide bonds. The van der Waals surface area contributed by atoms with Crippen LogP contribution in [-0.2, 0) is 6.42 Å². The number of aromatic nitrogens is 2. The third kappa shape index (κ3) is 5.01. The highest BCUT2D eigenvalue weighted by molar-refractivity contribution is 5.92. The van der Waals surface area contributed by atoms with E-state index in [9.17, 15) is 4.79 Å². The second-order valence-corrected chi connectivity index (χ2v) is 4.82. The molecule has 0 aliphatic heterocycles. The first-order chi connectivity index (χ1) is 10.8. The molecule has 22 heavy (non-hydrogen) atoms. The number of benzene rings is 1. The summed E-state index contributed by atoms with van der Waals surface area (Å²) in [6.07, 6.45) is 3.64. The van der Waals surface area contributed by atoms with Crippen molar-refractivity contribution in [2.75, 3.05) is 18.4 Å². The van der Waals surface area contributed by atoms with Crippen LogP contribution in [0.4, 0.5) is 5.82 Å². The number of hydrogen-bond donors (Lipinski definition) is 2. The van der Waals surface area contributed by atoms with Gasteiger partial charge in [0, 0.05) is 13.1 Å². The molecular formula is C17H20N4O. The fourth-order valence-corrected chi connectivity index (χ4v) is 1.96. The number of anilines is 1. The molecule has 114 valence electrons. The highest BCUT2D eigenvalue weighted by Gasteiger charge is 2.06. The number of amides is 1. The van der Waals surface area contributed by atoms with Crippen molar-refractivity contribution in [3.8, 4) is 0 Å². The van der Waals surface area contributed by atoms with Crippen LogP contribution in [0.25, 0.3) is 0 Å². The molecule has 2 aromatic rings. The average Bonchev–Trinajstić information content (AvgIpc) is 2.58. The third-order valence-electron chi connectivity index (χ3n) is 3.10. The summed E-state index contributed by atoms with van der Waals surface area (Å²) in [5.41, 5.74) is 1.63. The van der Waals surface area contributed by atoms with E-state index < -0.39 is 0 Å². The Bertz CT molecular complexity index is 596. The number of rotatable bonds is 8. The molecule has 0 unspecified atom stereocenters. The van der Waals surface area contributed by atoms with Gasteiger partial charge < -0.3 is 10.6 Å². The number of nitrogens with one attached hydrogen (secondary N) is 2. The Morgan fingerprint density at radius 3 is 2.64 bits per heavy atom. The molecule has 2 N–H and O–H groups in total. The van der Waals surface area contributed by atoms with Crippen molar-refractivity contribution in [2.24, 2.45) is 0 Å². The zero-order valence-corrected chi connectivity index (χ0v) is 12.5. The van der Waals surface area contributed by atoms with Crippen molar-refractivity contribution in [1.82, 2.24) is 15.5 Å². The molecule has 0 saturated heterocycles. The van der Waals surface area contributed by atoms with Crippen molar-refractivity contribution in [1.29, 1.82) is 0 Å². The van der Waals surface area contributed by atoms with Crippen LogP contribution in [0.2, 0.25) is 0 Å². The molecular weight excluding hydrogens is 276 g/mol. The topological polar surface area (TPSA) is 66.9 Å². The maximum Gasteiger partial charge on any atom is 0.272 e. The van der Waals surface area contributed by atoms with E-state index in [1.165, 1.54) is 5.56 Å². The van der Waals surface area contributed by atoms with Crippen molar-refractivity contribution >= 4 is 11.7 Å². The maximum atomic E-state index is 11.7. The first kappa shape index (κ1) is 15.7. The molecule has 1 aromatic carbocycles. The highest BCUT2D eigenvalue weighted by atomic mass is 16.1. The standard InChI is InChI=1S/C17H20N4O/c1-2-12-19-17(22)15-10-11-16(21-20-15)18-13-6-9-14-7-4-3-5-8-14/h2-5,7-8,10-11H,1,6,9,12-13H2,(H,18,21)(H,19,22). The molecule has 1 heterocycles. The van der Waals surface area contributed by atoms with Gasteiger partial charge in [-0.3, -0.25) is 4.79 Å². The van der Waals surface area contributed by atoms with E-state index in [-0.39, 0.29) is 5.91 Å². The summed E-state index contributed by atoms with van der Waals surface area (Å²) in [4.78, 5) is 11.7. The van der Waals surface area contributed by atoms with Gasteiger partial charge in [0.25, 0.3) is 5.91 Å². The molecule has 0 saturated carbocycles. The molecule has 5 heteroatoms. The van der Waals surface area contributed by atoms with E-state index in [1.54, 1.807) is 18.2 Å². The summed E-state index contributed by atoms with van der Waals surface area (Å²) in [5.74, 6) is 0.427. The fourth-order valence-electron chi connectivity index (χ4n) is 1.96. The zero-order valence-electron chi connectivity index (χ0n) is 12.5. The van der Waals surface area contributed by atoms with Crippen LogP contribution < -0.4 is 10.6 Å². The normalized spacial score (nSPS) is 10.0. The molecule has 0 bridgehead atoms. The lowest BCUT2D eigenvalue weighted by molar-refractivity contribution is 0.0952. The Morgan fingerprint density at radius 1 is 1.14 bits per heavy atom. The van der Waals surface area contributed by atoms with Gasteiger partial charge in [-0.15, -0.1) is 16.8 Å². The van der Waals surface area contributed by atoms with Crippen LogP contribution >= 0.6 is 0 Å². The van der Waals surface area contributed by atoms with Gasteiger partial charge in [0.15, 0.2) is 5.69 Å². The lowest BCUT2D eigenvalue weighted by Crippen LogP contribution is -2.24. The van der Waals surface area contributed by atoms with Gasteiger partial charge in [-0.2, -0.15) is 0 Å². The van der Waals surface area contributed by atoms with Crippen LogP contribution in [0.1, 0.15) is 22.5 Å². The van der Waals surface area contributed by atoms with Gasteiger partial charge in [-0.05, 0) is 30.5 Å². The lowest BCUT2D eigenvalue weighted by Gasteiger charge is -2.06. The molecule has 5 nitrogen and oxygen atoms in total. The molecule has 0 fully saturated rings. The van der Waals surface area contributed by atoms with E-state index in [0.29, 0.717) is 18.1 Å². The quantitative estimate of drug-likeness (QED) is 0.580. The van der Waals surface area contributed by atoms with Gasteiger partial charge in [-0.1, -0.05) is 36.4 Å². The molecule has 1 aromatic heterocycles. The minimum absolute atomic E-state index is 0.247. The predicted molar refractivity (Wildman–Crippen MR) is 87.8 cm³/mol. The summed E-state index contributed by atoms with van der Waals surface area (Å²) in [6.45, 7) is 4.77. The summed E-state index contributed by atoms with van der Waals surface area (Å²) in [5, 5.41) is 13.8. The van der Waals surface area contributed by atoms with Crippen molar-refractivity contribution in [3.05, 3.63) is 66.4 Å². The molecule has 0 radical (unpaired) electrons. The highest BCUT2D eigenvalue weighted by Crippen LogP contribution is 2.05. The molecule has 0 atom stereocenters. The summed E-state index contributed by atoms with van der Waals surface area (Å²) in [7, 11) is 0. The van der Waals surface area contributed by atoms with Gasteiger partial charge in [0.1, 0.15) is 5.82 Å². The minimum atomic E-state index is -0.247. The first-order valence-corrected chi connectivity index (χ1v) is 7.30. The molecule has 0 aliphatic carbocycles. The Morgan fingerprint density at radius 2 is 1.95 bits per heavy atom. The van der Waals surface area contributed by atoms with E-state index in [4.69, 9.17) is 0 Å². The Labute approximate surface area is 130 Å². The summed E-state index contributed by atoms with van der Waals surface area (Å²) in [6, 6.07) is 13.8. The van der Waals surface area contributed by atoms with Crippen molar-refractivity contribution in [2.45, 2.75) is 12.8 Å². The number of carbonyl (C=O) groups excluding carboxylic acids is 1. The van der Waals surface area contributed by atoms with Crippen molar-refractivity contribution in [3.63, 3.8) is 0 Å². The van der Waals surface area contributed by atoms with Gasteiger partial charge in [0.05, 0.1) is 0 Å². The average molecular weight is 296 g/mol. The van der Waals surface area contributed by atoms with Crippen molar-refractivity contribution < 1.29 is 4.79 Å². The van der Waals surface area contributed by atoms with Crippen LogP contribution in [0.5, 0.6) is 0 Å².